The molecule has 0 radical (unpaired) electrons. The van der Waals surface area contributed by atoms with Crippen LogP contribution in [0.25, 0.3) is 0 Å². The third-order valence-electron chi connectivity index (χ3n) is 4.46. The molecule has 1 spiro atoms. The van der Waals surface area contributed by atoms with Crippen molar-refractivity contribution in [2.24, 2.45) is 0 Å². The molecule has 2 heterocycles. The fraction of sp³-hybridized carbons (Fsp3) is 0.529. The average Bonchev–Trinajstić information content (AvgIpc) is 3.03. The Morgan fingerprint density at radius 2 is 1.67 bits per heavy atom. The molecule has 0 saturated carbocycles. The van der Waals surface area contributed by atoms with E-state index in [0.29, 0.717) is 44.8 Å². The Morgan fingerprint density at radius 3 is 2.21 bits per heavy atom. The van der Waals surface area contributed by atoms with Crippen LogP contribution in [0.4, 0.5) is 11.4 Å². The second-order valence-electron chi connectivity index (χ2n) is 6.30. The highest BCUT2D eigenvalue weighted by Gasteiger charge is 2.41. The molecule has 24 heavy (non-hydrogen) atoms. The molecular weight excluding hydrogens is 310 g/mol. The molecule has 1 N–H and O–H groups in total. The fourth-order valence-electron chi connectivity index (χ4n) is 3.01. The molecule has 2 saturated heterocycles. The molecule has 7 heteroatoms. The summed E-state index contributed by atoms with van der Waals surface area (Å²) in [4.78, 5) is 28.0. The summed E-state index contributed by atoms with van der Waals surface area (Å²) < 4.78 is 11.3. The highest BCUT2D eigenvalue weighted by molar-refractivity contribution is 6.39. The third kappa shape index (κ3) is 3.52. The Hall–Kier alpha value is -2.12. The van der Waals surface area contributed by atoms with Crippen LogP contribution in [0.3, 0.4) is 0 Å². The highest BCUT2D eigenvalue weighted by Crippen LogP contribution is 2.31. The van der Waals surface area contributed by atoms with Crippen molar-refractivity contribution < 1.29 is 19.1 Å². The monoisotopic (exact) mass is 333 g/mol. The van der Waals surface area contributed by atoms with Crippen molar-refractivity contribution in [3.63, 3.8) is 0 Å². The van der Waals surface area contributed by atoms with Gasteiger partial charge in [-0.15, -0.1) is 0 Å². The molecule has 2 aliphatic rings. The second kappa shape index (κ2) is 6.78. The number of carbonyl (C=O) groups excluding carboxylic acids is 2. The summed E-state index contributed by atoms with van der Waals surface area (Å²) in [6.07, 6.45) is 1.20. The number of benzene rings is 1. The van der Waals surface area contributed by atoms with Crippen LogP contribution in [0.1, 0.15) is 12.8 Å². The van der Waals surface area contributed by atoms with Crippen LogP contribution in [0.2, 0.25) is 0 Å². The maximum absolute atomic E-state index is 12.3. The average molecular weight is 333 g/mol. The van der Waals surface area contributed by atoms with Gasteiger partial charge in [-0.05, 0) is 24.3 Å². The number of ether oxygens (including phenoxy) is 2. The SMILES string of the molecule is CN(C)c1ccc(NC(=O)C(=O)N2CCC3(CC2)OCCO3)cc1. The molecule has 130 valence electrons. The van der Waals surface area contributed by atoms with E-state index in [-0.39, 0.29) is 0 Å². The highest BCUT2D eigenvalue weighted by atomic mass is 16.7. The summed E-state index contributed by atoms with van der Waals surface area (Å²) in [5, 5.41) is 2.66. The van der Waals surface area contributed by atoms with E-state index in [2.05, 4.69) is 5.32 Å². The van der Waals surface area contributed by atoms with Crippen LogP contribution >= 0.6 is 0 Å². The fourth-order valence-corrected chi connectivity index (χ4v) is 3.01. The minimum absolute atomic E-state index is 0.464. The van der Waals surface area contributed by atoms with Crippen molar-refractivity contribution in [2.45, 2.75) is 18.6 Å². The Morgan fingerprint density at radius 1 is 1.08 bits per heavy atom. The van der Waals surface area contributed by atoms with Gasteiger partial charge in [-0.25, -0.2) is 0 Å². The molecule has 2 amide bonds. The van der Waals surface area contributed by atoms with Gasteiger partial charge < -0.3 is 24.6 Å². The minimum atomic E-state index is -0.614. The molecule has 1 aromatic rings. The van der Waals surface area contributed by atoms with Gasteiger partial charge in [0.25, 0.3) is 0 Å². The summed E-state index contributed by atoms with van der Waals surface area (Å²) in [5.41, 5.74) is 1.63. The predicted octanol–water partition coefficient (Wildman–Crippen LogP) is 1.06. The zero-order valence-electron chi connectivity index (χ0n) is 14.1. The summed E-state index contributed by atoms with van der Waals surface area (Å²) >= 11 is 0. The van der Waals surface area contributed by atoms with Gasteiger partial charge in [0.1, 0.15) is 0 Å². The Kier molecular flexibility index (Phi) is 4.73. The van der Waals surface area contributed by atoms with Crippen molar-refractivity contribution in [1.82, 2.24) is 4.90 Å². The molecule has 1 aromatic carbocycles. The summed E-state index contributed by atoms with van der Waals surface area (Å²) in [6.45, 7) is 2.12. The van der Waals surface area contributed by atoms with Crippen LogP contribution in [-0.2, 0) is 19.1 Å². The largest absolute Gasteiger partial charge is 0.378 e. The van der Waals surface area contributed by atoms with Gasteiger partial charge in [0, 0.05) is 51.4 Å². The number of carbonyl (C=O) groups is 2. The number of anilines is 2. The molecule has 2 aliphatic heterocycles. The van der Waals surface area contributed by atoms with Crippen LogP contribution in [0.5, 0.6) is 0 Å². The van der Waals surface area contributed by atoms with Crippen molar-refractivity contribution in [3.8, 4) is 0 Å². The molecular formula is C17H23N3O4. The van der Waals surface area contributed by atoms with Crippen molar-refractivity contribution in [3.05, 3.63) is 24.3 Å². The maximum atomic E-state index is 12.3. The number of rotatable bonds is 2. The number of nitrogens with zero attached hydrogens (tertiary/aromatic N) is 2. The number of nitrogens with one attached hydrogen (secondary N) is 1. The van der Waals surface area contributed by atoms with Crippen molar-refractivity contribution in [1.29, 1.82) is 0 Å². The zero-order chi connectivity index (χ0) is 17.2. The lowest BCUT2D eigenvalue weighted by Crippen LogP contribution is -2.50. The first-order chi connectivity index (χ1) is 11.5. The predicted molar refractivity (Wildman–Crippen MR) is 89.8 cm³/mol. The van der Waals surface area contributed by atoms with E-state index in [1.165, 1.54) is 0 Å². The number of hydrogen-bond donors (Lipinski definition) is 1. The van der Waals surface area contributed by atoms with Crippen LogP contribution < -0.4 is 10.2 Å². The lowest BCUT2D eigenvalue weighted by Gasteiger charge is -2.37. The quantitative estimate of drug-likeness (QED) is 0.820. The van der Waals surface area contributed by atoms with E-state index >= 15 is 0 Å². The van der Waals surface area contributed by atoms with E-state index in [1.807, 2.05) is 31.1 Å². The Balaban J connectivity index is 1.54. The van der Waals surface area contributed by atoms with Crippen LogP contribution in [0, 0.1) is 0 Å². The first-order valence-electron chi connectivity index (χ1n) is 8.15. The van der Waals surface area contributed by atoms with E-state index in [0.717, 1.165) is 5.69 Å². The van der Waals surface area contributed by atoms with Gasteiger partial charge in [-0.3, -0.25) is 9.59 Å². The molecule has 0 unspecified atom stereocenters. The Labute approximate surface area is 141 Å². The van der Waals surface area contributed by atoms with Gasteiger partial charge in [0.15, 0.2) is 5.79 Å². The lowest BCUT2D eigenvalue weighted by atomic mass is 10.0. The first-order valence-corrected chi connectivity index (χ1v) is 8.15. The zero-order valence-corrected chi connectivity index (χ0v) is 14.1. The molecule has 7 nitrogen and oxygen atoms in total. The number of hydrogen-bond acceptors (Lipinski definition) is 5. The standard InChI is InChI=1S/C17H23N3O4/c1-19(2)14-5-3-13(4-6-14)18-15(21)16(22)20-9-7-17(8-10-20)23-11-12-24-17/h3-6H,7-12H2,1-2H3,(H,18,21). The van der Waals surface area contributed by atoms with E-state index < -0.39 is 17.6 Å². The van der Waals surface area contributed by atoms with Gasteiger partial charge in [-0.1, -0.05) is 0 Å². The maximum Gasteiger partial charge on any atom is 0.313 e. The molecule has 3 rings (SSSR count). The summed E-state index contributed by atoms with van der Waals surface area (Å²) in [7, 11) is 3.88. The lowest BCUT2D eigenvalue weighted by molar-refractivity contribution is -0.187. The van der Waals surface area contributed by atoms with Gasteiger partial charge in [-0.2, -0.15) is 0 Å². The van der Waals surface area contributed by atoms with Crippen molar-refractivity contribution in [2.75, 3.05) is 50.6 Å². The van der Waals surface area contributed by atoms with Crippen molar-refractivity contribution >= 4 is 23.2 Å². The second-order valence-corrected chi connectivity index (χ2v) is 6.30. The summed E-state index contributed by atoms with van der Waals surface area (Å²) in [5.74, 6) is -1.67. The Bertz CT molecular complexity index is 599. The van der Waals surface area contributed by atoms with E-state index in [4.69, 9.17) is 9.47 Å². The number of amides is 2. The molecule has 0 aliphatic carbocycles. The first kappa shape index (κ1) is 16.7. The molecule has 2 fully saturated rings. The number of likely N-dealkylation sites (tertiary alicyclic amines) is 1. The number of piperidine rings is 1. The van der Waals surface area contributed by atoms with Gasteiger partial charge in [0.05, 0.1) is 13.2 Å². The van der Waals surface area contributed by atoms with E-state index in [9.17, 15) is 9.59 Å². The van der Waals surface area contributed by atoms with E-state index in [1.54, 1.807) is 17.0 Å². The smallest absolute Gasteiger partial charge is 0.313 e. The molecule has 0 aromatic heterocycles. The summed E-state index contributed by atoms with van der Waals surface area (Å²) in [6, 6.07) is 7.34. The van der Waals surface area contributed by atoms with Gasteiger partial charge >= 0.3 is 11.8 Å². The van der Waals surface area contributed by atoms with Gasteiger partial charge in [0.2, 0.25) is 0 Å². The van der Waals surface area contributed by atoms with Crippen LogP contribution in [0.15, 0.2) is 24.3 Å². The third-order valence-corrected chi connectivity index (χ3v) is 4.46. The molecule has 0 atom stereocenters. The normalized spacial score (nSPS) is 19.3. The molecule has 0 bridgehead atoms. The van der Waals surface area contributed by atoms with Crippen LogP contribution in [-0.4, -0.2) is 62.9 Å². The minimum Gasteiger partial charge on any atom is -0.378 e. The topological polar surface area (TPSA) is 71.1 Å².